The summed E-state index contributed by atoms with van der Waals surface area (Å²) in [5, 5.41) is 5.23. The van der Waals surface area contributed by atoms with Crippen LogP contribution in [0.5, 0.6) is 5.75 Å². The minimum Gasteiger partial charge on any atom is -0.482 e. The van der Waals surface area contributed by atoms with Crippen molar-refractivity contribution >= 4 is 49.9 Å². The summed E-state index contributed by atoms with van der Waals surface area (Å²) < 4.78 is 6.39. The number of fused-ring (bicyclic) bond motifs is 1. The first kappa shape index (κ1) is 19.6. The van der Waals surface area contributed by atoms with E-state index in [0.717, 1.165) is 27.8 Å². The molecule has 0 radical (unpaired) electrons. The zero-order chi connectivity index (χ0) is 20.4. The number of nitrogens with zero attached hydrogens (tertiary/aromatic N) is 2. The third-order valence-electron chi connectivity index (χ3n) is 4.46. The van der Waals surface area contributed by atoms with Crippen LogP contribution in [0.4, 0.5) is 10.8 Å². The van der Waals surface area contributed by atoms with Gasteiger partial charge in [0.05, 0.1) is 11.4 Å². The molecule has 29 heavy (non-hydrogen) atoms. The van der Waals surface area contributed by atoms with Gasteiger partial charge in [-0.1, -0.05) is 28.9 Å². The van der Waals surface area contributed by atoms with Crippen LogP contribution in [0.25, 0.3) is 11.3 Å². The number of ether oxygens (including phenoxy) is 1. The molecule has 0 saturated heterocycles. The lowest BCUT2D eigenvalue weighted by atomic mass is 10.1. The molecule has 148 valence electrons. The molecule has 8 heteroatoms. The number of hydrogen-bond donors (Lipinski definition) is 1. The van der Waals surface area contributed by atoms with Crippen LogP contribution in [0, 0.1) is 0 Å². The van der Waals surface area contributed by atoms with Gasteiger partial charge in [-0.3, -0.25) is 14.9 Å². The van der Waals surface area contributed by atoms with Crippen molar-refractivity contribution in [3.63, 3.8) is 0 Å². The molecular weight excluding hydrogens is 454 g/mol. The Morgan fingerprint density at radius 1 is 1.31 bits per heavy atom. The summed E-state index contributed by atoms with van der Waals surface area (Å²) >= 11 is 4.72. The molecule has 0 fully saturated rings. The normalized spacial score (nSPS) is 13.0. The van der Waals surface area contributed by atoms with E-state index in [1.807, 2.05) is 42.6 Å². The van der Waals surface area contributed by atoms with Gasteiger partial charge in [0.25, 0.3) is 11.8 Å². The van der Waals surface area contributed by atoms with Gasteiger partial charge in [-0.15, -0.1) is 11.3 Å². The molecule has 2 aromatic carbocycles. The highest BCUT2D eigenvalue weighted by atomic mass is 79.9. The van der Waals surface area contributed by atoms with Gasteiger partial charge in [-0.05, 0) is 42.8 Å². The fourth-order valence-electron chi connectivity index (χ4n) is 3.09. The van der Waals surface area contributed by atoms with Crippen LogP contribution in [0.3, 0.4) is 0 Å². The minimum atomic E-state index is -0.217. The van der Waals surface area contributed by atoms with Crippen LogP contribution in [0.1, 0.15) is 23.7 Å². The molecule has 0 spiro atoms. The van der Waals surface area contributed by atoms with Gasteiger partial charge >= 0.3 is 0 Å². The van der Waals surface area contributed by atoms with E-state index in [0.29, 0.717) is 23.0 Å². The molecule has 1 aliphatic heterocycles. The second-order valence-electron chi connectivity index (χ2n) is 6.52. The molecule has 3 aromatic rings. The number of carbonyl (C=O) groups excluding carboxylic acids is 2. The average Bonchev–Trinajstić information content (AvgIpc) is 3.18. The lowest BCUT2D eigenvalue weighted by molar-refractivity contribution is -0.121. The second kappa shape index (κ2) is 8.34. The van der Waals surface area contributed by atoms with Crippen molar-refractivity contribution in [2.75, 3.05) is 23.4 Å². The number of nitrogens with one attached hydrogen (secondary N) is 1. The maximum atomic E-state index is 12.4. The van der Waals surface area contributed by atoms with Gasteiger partial charge < -0.3 is 9.64 Å². The lowest BCUT2D eigenvalue weighted by Crippen LogP contribution is -2.39. The summed E-state index contributed by atoms with van der Waals surface area (Å²) in [5.74, 6) is 0.433. The maximum absolute atomic E-state index is 12.4. The monoisotopic (exact) mass is 471 g/mol. The smallest absolute Gasteiger partial charge is 0.265 e. The summed E-state index contributed by atoms with van der Waals surface area (Å²) in [6, 6.07) is 12.9. The van der Waals surface area contributed by atoms with Crippen molar-refractivity contribution in [3.8, 4) is 17.0 Å². The van der Waals surface area contributed by atoms with Gasteiger partial charge in [0, 0.05) is 27.5 Å². The van der Waals surface area contributed by atoms with E-state index < -0.39 is 0 Å². The van der Waals surface area contributed by atoms with E-state index in [-0.39, 0.29) is 18.4 Å². The summed E-state index contributed by atoms with van der Waals surface area (Å²) in [6.45, 7) is 2.74. The number of aromatic nitrogens is 1. The summed E-state index contributed by atoms with van der Waals surface area (Å²) in [5.41, 5.74) is 2.91. The van der Waals surface area contributed by atoms with Gasteiger partial charge in [-0.25, -0.2) is 4.98 Å². The van der Waals surface area contributed by atoms with E-state index in [1.54, 1.807) is 17.0 Å². The molecular formula is C21H18BrN3O3S. The van der Waals surface area contributed by atoms with Crippen molar-refractivity contribution in [3.05, 3.63) is 57.9 Å². The van der Waals surface area contributed by atoms with Crippen LogP contribution in [0.2, 0.25) is 0 Å². The molecule has 2 amide bonds. The predicted octanol–water partition coefficient (Wildman–Crippen LogP) is 4.96. The number of anilines is 2. The van der Waals surface area contributed by atoms with Crippen molar-refractivity contribution in [2.45, 2.75) is 13.3 Å². The molecule has 4 rings (SSSR count). The van der Waals surface area contributed by atoms with E-state index in [1.165, 1.54) is 11.3 Å². The highest BCUT2D eigenvalue weighted by molar-refractivity contribution is 9.10. The third-order valence-corrected chi connectivity index (χ3v) is 5.71. The Hall–Kier alpha value is -2.71. The second-order valence-corrected chi connectivity index (χ2v) is 8.29. The van der Waals surface area contributed by atoms with Crippen LogP contribution in [0.15, 0.2) is 52.3 Å². The van der Waals surface area contributed by atoms with Gasteiger partial charge in [0.1, 0.15) is 5.75 Å². The predicted molar refractivity (Wildman–Crippen MR) is 118 cm³/mol. The van der Waals surface area contributed by atoms with Crippen LogP contribution < -0.4 is 15.0 Å². The SMILES string of the molecule is CCCN1C(=O)COc2ccc(-c3csc(NC(=O)c4cccc(Br)c4)n3)cc21. The topological polar surface area (TPSA) is 71.5 Å². The minimum absolute atomic E-state index is 0.0447. The molecule has 0 bridgehead atoms. The highest BCUT2D eigenvalue weighted by Crippen LogP contribution is 2.37. The first-order valence-corrected chi connectivity index (χ1v) is 10.8. The third kappa shape index (κ3) is 4.18. The Morgan fingerprint density at radius 3 is 2.97 bits per heavy atom. The quantitative estimate of drug-likeness (QED) is 0.570. The Balaban J connectivity index is 1.57. The number of thiazole rings is 1. The molecule has 0 unspecified atom stereocenters. The Kier molecular flexibility index (Phi) is 5.64. The Morgan fingerprint density at radius 2 is 2.17 bits per heavy atom. The largest absolute Gasteiger partial charge is 0.482 e. The summed E-state index contributed by atoms with van der Waals surface area (Å²) in [6.07, 6.45) is 0.859. The Labute approximate surface area is 180 Å². The zero-order valence-corrected chi connectivity index (χ0v) is 18.0. The van der Waals surface area contributed by atoms with Crippen LogP contribution in [-0.4, -0.2) is 29.9 Å². The van der Waals surface area contributed by atoms with Gasteiger partial charge in [0.15, 0.2) is 11.7 Å². The Bertz CT molecular complexity index is 1080. The number of rotatable bonds is 5. The maximum Gasteiger partial charge on any atom is 0.265 e. The zero-order valence-electron chi connectivity index (χ0n) is 15.6. The molecule has 1 N–H and O–H groups in total. The van der Waals surface area contributed by atoms with Gasteiger partial charge in [0.2, 0.25) is 0 Å². The first-order valence-electron chi connectivity index (χ1n) is 9.15. The van der Waals surface area contributed by atoms with Crippen molar-refractivity contribution < 1.29 is 14.3 Å². The molecule has 6 nitrogen and oxygen atoms in total. The van der Waals surface area contributed by atoms with E-state index in [4.69, 9.17) is 4.74 Å². The van der Waals surface area contributed by atoms with Crippen molar-refractivity contribution in [2.24, 2.45) is 0 Å². The highest BCUT2D eigenvalue weighted by Gasteiger charge is 2.25. The van der Waals surface area contributed by atoms with E-state index >= 15 is 0 Å². The van der Waals surface area contributed by atoms with Gasteiger partial charge in [-0.2, -0.15) is 0 Å². The molecule has 1 aliphatic rings. The number of benzene rings is 2. The summed E-state index contributed by atoms with van der Waals surface area (Å²) in [7, 11) is 0. The molecule has 1 aromatic heterocycles. The van der Waals surface area contributed by atoms with Crippen molar-refractivity contribution in [1.29, 1.82) is 0 Å². The first-order chi connectivity index (χ1) is 14.0. The molecule has 2 heterocycles. The van der Waals surface area contributed by atoms with Crippen molar-refractivity contribution in [1.82, 2.24) is 4.98 Å². The molecule has 0 atom stereocenters. The fourth-order valence-corrected chi connectivity index (χ4v) is 4.21. The molecule has 0 aliphatic carbocycles. The van der Waals surface area contributed by atoms with E-state index in [9.17, 15) is 9.59 Å². The van der Waals surface area contributed by atoms with Crippen LogP contribution >= 0.6 is 27.3 Å². The van der Waals surface area contributed by atoms with Crippen LogP contribution in [-0.2, 0) is 4.79 Å². The summed E-state index contributed by atoms with van der Waals surface area (Å²) in [4.78, 5) is 30.9. The number of halogens is 1. The number of hydrogen-bond acceptors (Lipinski definition) is 5. The van der Waals surface area contributed by atoms with E-state index in [2.05, 4.69) is 26.2 Å². The number of amides is 2. The number of carbonyl (C=O) groups is 2. The molecule has 0 saturated carbocycles. The lowest BCUT2D eigenvalue weighted by Gasteiger charge is -2.29. The fraction of sp³-hybridized carbons (Fsp3) is 0.190. The average molecular weight is 472 g/mol. The standard InChI is InChI=1S/C21H18BrN3O3S/c1-2-8-25-17-10-13(6-7-18(17)28-11-19(25)26)16-12-29-21(23-16)24-20(27)14-4-3-5-15(22)9-14/h3-7,9-10,12H,2,8,11H2,1H3,(H,23,24,27).